The zero-order valence-corrected chi connectivity index (χ0v) is 16.4. The SMILES string of the molecule is CCOc1ccccc1NC(=O)[C@H](C)OC(=O)[C@H](Cc1ccccc1)NC(N)=O. The molecule has 8 nitrogen and oxygen atoms in total. The molecule has 2 atom stereocenters. The van der Waals surface area contributed by atoms with Crippen LogP contribution in [0.1, 0.15) is 19.4 Å². The van der Waals surface area contributed by atoms with E-state index in [0.29, 0.717) is 18.0 Å². The van der Waals surface area contributed by atoms with Gasteiger partial charge in [-0.2, -0.15) is 0 Å². The lowest BCUT2D eigenvalue weighted by molar-refractivity contribution is -0.155. The first kappa shape index (κ1) is 21.7. The van der Waals surface area contributed by atoms with E-state index >= 15 is 0 Å². The van der Waals surface area contributed by atoms with Crippen LogP contribution < -0.4 is 21.1 Å². The highest BCUT2D eigenvalue weighted by atomic mass is 16.5. The van der Waals surface area contributed by atoms with E-state index in [1.54, 1.807) is 24.3 Å². The van der Waals surface area contributed by atoms with E-state index < -0.39 is 30.1 Å². The second kappa shape index (κ2) is 10.7. The van der Waals surface area contributed by atoms with Crippen LogP contribution in [0.3, 0.4) is 0 Å². The Morgan fingerprint density at radius 3 is 2.34 bits per heavy atom. The van der Waals surface area contributed by atoms with Crippen molar-refractivity contribution in [1.82, 2.24) is 5.32 Å². The number of para-hydroxylation sites is 2. The molecular weight excluding hydrogens is 374 g/mol. The molecule has 4 N–H and O–H groups in total. The summed E-state index contributed by atoms with van der Waals surface area (Å²) in [6.45, 7) is 3.72. The van der Waals surface area contributed by atoms with Gasteiger partial charge in [0, 0.05) is 6.42 Å². The molecule has 8 heteroatoms. The Bertz CT molecular complexity index is 841. The van der Waals surface area contributed by atoms with Crippen molar-refractivity contribution < 1.29 is 23.9 Å². The number of esters is 1. The predicted octanol–water partition coefficient (Wildman–Crippen LogP) is 2.24. The fraction of sp³-hybridized carbons (Fsp3) is 0.286. The number of hydrogen-bond acceptors (Lipinski definition) is 5. The molecular formula is C21H25N3O5. The minimum absolute atomic E-state index is 0.185. The third-order valence-electron chi connectivity index (χ3n) is 3.99. The second-order valence-corrected chi connectivity index (χ2v) is 6.25. The maximum absolute atomic E-state index is 12.5. The number of rotatable bonds is 9. The van der Waals surface area contributed by atoms with Gasteiger partial charge in [-0.25, -0.2) is 9.59 Å². The van der Waals surface area contributed by atoms with Gasteiger partial charge in [0.25, 0.3) is 5.91 Å². The van der Waals surface area contributed by atoms with Crippen molar-refractivity contribution in [3.05, 3.63) is 60.2 Å². The maximum Gasteiger partial charge on any atom is 0.329 e. The fourth-order valence-corrected chi connectivity index (χ4v) is 2.61. The molecule has 3 amide bonds. The van der Waals surface area contributed by atoms with Crippen LogP contribution in [-0.2, 0) is 20.7 Å². The lowest BCUT2D eigenvalue weighted by atomic mass is 10.1. The van der Waals surface area contributed by atoms with E-state index in [2.05, 4.69) is 10.6 Å². The molecule has 2 aromatic rings. The lowest BCUT2D eigenvalue weighted by Crippen LogP contribution is -2.47. The van der Waals surface area contributed by atoms with Gasteiger partial charge in [-0.05, 0) is 31.5 Å². The van der Waals surface area contributed by atoms with Crippen LogP contribution in [0.15, 0.2) is 54.6 Å². The van der Waals surface area contributed by atoms with E-state index in [-0.39, 0.29) is 6.42 Å². The average Bonchev–Trinajstić information content (AvgIpc) is 2.69. The van der Waals surface area contributed by atoms with E-state index in [0.717, 1.165) is 5.56 Å². The maximum atomic E-state index is 12.5. The number of urea groups is 1. The quantitative estimate of drug-likeness (QED) is 0.559. The monoisotopic (exact) mass is 399 g/mol. The Kier molecular flexibility index (Phi) is 8.02. The molecule has 0 saturated carbocycles. The molecule has 0 radical (unpaired) electrons. The number of anilines is 1. The molecule has 0 aliphatic carbocycles. The number of primary amides is 1. The first-order valence-electron chi connectivity index (χ1n) is 9.23. The van der Waals surface area contributed by atoms with Gasteiger partial charge in [0.1, 0.15) is 11.8 Å². The molecule has 0 aliphatic rings. The molecule has 0 bridgehead atoms. The molecule has 0 fully saturated rings. The van der Waals surface area contributed by atoms with Crippen LogP contribution in [0.25, 0.3) is 0 Å². The van der Waals surface area contributed by atoms with Gasteiger partial charge in [0.2, 0.25) is 0 Å². The van der Waals surface area contributed by atoms with Crippen LogP contribution in [-0.4, -0.2) is 36.7 Å². The Labute approximate surface area is 169 Å². The van der Waals surface area contributed by atoms with Gasteiger partial charge in [-0.1, -0.05) is 42.5 Å². The highest BCUT2D eigenvalue weighted by Gasteiger charge is 2.26. The number of hydrogen-bond donors (Lipinski definition) is 3. The molecule has 0 saturated heterocycles. The zero-order chi connectivity index (χ0) is 21.2. The summed E-state index contributed by atoms with van der Waals surface area (Å²) in [5.74, 6) is -0.768. The van der Waals surface area contributed by atoms with Crippen molar-refractivity contribution in [2.24, 2.45) is 5.73 Å². The lowest BCUT2D eigenvalue weighted by Gasteiger charge is -2.20. The van der Waals surface area contributed by atoms with E-state index in [4.69, 9.17) is 15.2 Å². The van der Waals surface area contributed by atoms with Crippen LogP contribution in [0, 0.1) is 0 Å². The molecule has 0 spiro atoms. The van der Waals surface area contributed by atoms with Gasteiger partial charge in [0.15, 0.2) is 6.10 Å². The summed E-state index contributed by atoms with van der Waals surface area (Å²) in [6, 6.07) is 14.2. The number of carbonyl (C=O) groups is 3. The van der Waals surface area contributed by atoms with Crippen molar-refractivity contribution in [1.29, 1.82) is 0 Å². The van der Waals surface area contributed by atoms with Crippen molar-refractivity contribution in [2.75, 3.05) is 11.9 Å². The minimum atomic E-state index is -1.09. The molecule has 0 heterocycles. The van der Waals surface area contributed by atoms with Crippen LogP contribution >= 0.6 is 0 Å². The molecule has 154 valence electrons. The number of ether oxygens (including phenoxy) is 2. The number of carbonyl (C=O) groups excluding carboxylic acids is 3. The smallest absolute Gasteiger partial charge is 0.329 e. The summed E-state index contributed by atoms with van der Waals surface area (Å²) >= 11 is 0. The molecule has 0 aliphatic heterocycles. The summed E-state index contributed by atoms with van der Waals surface area (Å²) in [5, 5.41) is 5.04. The molecule has 2 aromatic carbocycles. The van der Waals surface area contributed by atoms with E-state index in [1.165, 1.54) is 6.92 Å². The standard InChI is InChI=1S/C21H25N3O5/c1-3-28-18-12-8-7-11-16(18)23-19(25)14(2)29-20(26)17(24-21(22)27)13-15-9-5-4-6-10-15/h4-12,14,17H,3,13H2,1-2H3,(H,23,25)(H3,22,24,27)/t14-,17-/m0/s1. The summed E-state index contributed by atoms with van der Waals surface area (Å²) in [4.78, 5) is 36.2. The highest BCUT2D eigenvalue weighted by molar-refractivity contribution is 5.96. The number of amides is 3. The number of benzene rings is 2. The topological polar surface area (TPSA) is 120 Å². The van der Waals surface area contributed by atoms with Crippen molar-refractivity contribution in [3.63, 3.8) is 0 Å². The Hall–Kier alpha value is -3.55. The third-order valence-corrected chi connectivity index (χ3v) is 3.99. The molecule has 2 rings (SSSR count). The van der Waals surface area contributed by atoms with Gasteiger partial charge in [0.05, 0.1) is 12.3 Å². The van der Waals surface area contributed by atoms with Gasteiger partial charge >= 0.3 is 12.0 Å². The number of nitrogens with one attached hydrogen (secondary N) is 2. The van der Waals surface area contributed by atoms with Crippen molar-refractivity contribution in [2.45, 2.75) is 32.4 Å². The second-order valence-electron chi connectivity index (χ2n) is 6.25. The van der Waals surface area contributed by atoms with Gasteiger partial charge in [-0.3, -0.25) is 4.79 Å². The Morgan fingerprint density at radius 1 is 1.03 bits per heavy atom. The summed E-state index contributed by atoms with van der Waals surface area (Å²) in [5.41, 5.74) is 6.45. The fourth-order valence-electron chi connectivity index (χ4n) is 2.61. The zero-order valence-electron chi connectivity index (χ0n) is 16.4. The molecule has 29 heavy (non-hydrogen) atoms. The average molecular weight is 399 g/mol. The van der Waals surface area contributed by atoms with Crippen LogP contribution in [0.5, 0.6) is 5.75 Å². The summed E-state index contributed by atoms with van der Waals surface area (Å²) < 4.78 is 10.7. The van der Waals surface area contributed by atoms with Gasteiger partial charge < -0.3 is 25.8 Å². The normalized spacial score (nSPS) is 12.3. The third kappa shape index (κ3) is 6.84. The molecule has 0 aromatic heterocycles. The summed E-state index contributed by atoms with van der Waals surface area (Å²) in [7, 11) is 0. The van der Waals surface area contributed by atoms with Crippen molar-refractivity contribution in [3.8, 4) is 5.75 Å². The predicted molar refractivity (Wildman–Crippen MR) is 108 cm³/mol. The highest BCUT2D eigenvalue weighted by Crippen LogP contribution is 2.24. The Morgan fingerprint density at radius 2 is 1.69 bits per heavy atom. The van der Waals surface area contributed by atoms with Crippen LogP contribution in [0.4, 0.5) is 10.5 Å². The minimum Gasteiger partial charge on any atom is -0.492 e. The first-order valence-corrected chi connectivity index (χ1v) is 9.23. The van der Waals surface area contributed by atoms with E-state index in [9.17, 15) is 14.4 Å². The largest absolute Gasteiger partial charge is 0.492 e. The van der Waals surface area contributed by atoms with Gasteiger partial charge in [-0.15, -0.1) is 0 Å². The van der Waals surface area contributed by atoms with Crippen LogP contribution in [0.2, 0.25) is 0 Å². The molecule has 0 unspecified atom stereocenters. The summed E-state index contributed by atoms with van der Waals surface area (Å²) in [6.07, 6.45) is -0.908. The first-order chi connectivity index (χ1) is 13.9. The number of nitrogens with two attached hydrogens (primary N) is 1. The van der Waals surface area contributed by atoms with E-state index in [1.807, 2.05) is 37.3 Å². The van der Waals surface area contributed by atoms with Crippen molar-refractivity contribution >= 4 is 23.6 Å². The Balaban J connectivity index is 2.02.